The highest BCUT2D eigenvalue weighted by atomic mass is 16.4. The van der Waals surface area contributed by atoms with Crippen LogP contribution in [0.2, 0.25) is 0 Å². The number of oxime groups is 1. The zero-order chi connectivity index (χ0) is 12.1. The van der Waals surface area contributed by atoms with E-state index in [2.05, 4.69) is 20.6 Å². The molecule has 88 valence electrons. The number of nitrogens with zero attached hydrogens (tertiary/aromatic N) is 4. The van der Waals surface area contributed by atoms with E-state index in [4.69, 9.17) is 5.21 Å². The summed E-state index contributed by atoms with van der Waals surface area (Å²) in [6.45, 7) is 3.73. The minimum Gasteiger partial charge on any atom is -0.409 e. The average molecular weight is 225 g/mol. The minimum absolute atomic E-state index is 0.0185. The lowest BCUT2D eigenvalue weighted by Gasteiger charge is -2.19. The summed E-state index contributed by atoms with van der Waals surface area (Å²) in [5.74, 6) is -0.656. The summed E-state index contributed by atoms with van der Waals surface area (Å²) in [5.41, 5.74) is 0. The molecule has 0 fully saturated rings. The molecular weight excluding hydrogens is 210 g/mol. The fourth-order valence-corrected chi connectivity index (χ4v) is 1.45. The zero-order valence-electron chi connectivity index (χ0n) is 9.45. The van der Waals surface area contributed by atoms with Gasteiger partial charge in [-0.3, -0.25) is 4.79 Å². The van der Waals surface area contributed by atoms with E-state index in [9.17, 15) is 4.79 Å². The molecule has 0 aromatic carbocycles. The van der Waals surface area contributed by atoms with Crippen LogP contribution in [-0.4, -0.2) is 38.8 Å². The van der Waals surface area contributed by atoms with Gasteiger partial charge in [0.2, 0.25) is 5.91 Å². The Balaban J connectivity index is 3.06. The summed E-state index contributed by atoms with van der Waals surface area (Å²) < 4.78 is 1.28. The number of hydrogen-bond acceptors (Lipinski definition) is 5. The fourth-order valence-electron chi connectivity index (χ4n) is 1.45. The summed E-state index contributed by atoms with van der Waals surface area (Å²) in [6, 6.07) is 0. The van der Waals surface area contributed by atoms with Gasteiger partial charge in [0, 0.05) is 7.05 Å². The lowest BCUT2D eigenvalue weighted by atomic mass is 9.93. The molecule has 0 aliphatic carbocycles. The predicted octanol–water partition coefficient (Wildman–Crippen LogP) is -0.0679. The molecule has 7 nitrogen and oxygen atoms in total. The third kappa shape index (κ3) is 2.36. The average Bonchev–Trinajstić information content (AvgIpc) is 2.77. The summed E-state index contributed by atoms with van der Waals surface area (Å²) in [7, 11) is 1.54. The molecule has 1 heterocycles. The van der Waals surface area contributed by atoms with Gasteiger partial charge in [-0.1, -0.05) is 19.0 Å². The van der Waals surface area contributed by atoms with E-state index in [0.717, 1.165) is 0 Å². The Hall–Kier alpha value is -1.92. The third-order valence-corrected chi connectivity index (χ3v) is 2.23. The molecule has 7 heteroatoms. The van der Waals surface area contributed by atoms with Crippen molar-refractivity contribution in [3.8, 4) is 0 Å². The summed E-state index contributed by atoms with van der Waals surface area (Å²) in [5, 5.41) is 18.5. The number of hydrogen-bond donors (Lipinski definition) is 2. The van der Waals surface area contributed by atoms with E-state index < -0.39 is 5.92 Å². The van der Waals surface area contributed by atoms with Crippen LogP contribution in [0, 0.1) is 11.8 Å². The SMILES string of the molecule is CNC(=O)C(C(=NO)n1cncn1)C(C)C. The molecule has 1 rings (SSSR count). The van der Waals surface area contributed by atoms with Crippen molar-refractivity contribution in [2.75, 3.05) is 7.05 Å². The smallest absolute Gasteiger partial charge is 0.230 e. The van der Waals surface area contributed by atoms with Crippen molar-refractivity contribution >= 4 is 11.7 Å². The summed E-state index contributed by atoms with van der Waals surface area (Å²) in [6.07, 6.45) is 2.69. The Bertz CT molecular complexity index is 371. The van der Waals surface area contributed by atoms with Crippen LogP contribution in [0.1, 0.15) is 13.8 Å². The van der Waals surface area contributed by atoms with E-state index in [1.165, 1.54) is 24.4 Å². The number of amides is 1. The lowest BCUT2D eigenvalue weighted by Crippen LogP contribution is -2.39. The first kappa shape index (κ1) is 12.2. The molecule has 2 N–H and O–H groups in total. The van der Waals surface area contributed by atoms with Crippen LogP contribution in [-0.2, 0) is 4.79 Å². The molecule has 1 amide bonds. The topological polar surface area (TPSA) is 92.4 Å². The molecule has 0 aliphatic rings. The number of aromatic nitrogens is 3. The van der Waals surface area contributed by atoms with Crippen molar-refractivity contribution in [2.45, 2.75) is 13.8 Å². The van der Waals surface area contributed by atoms with E-state index in [1.807, 2.05) is 13.8 Å². The number of nitrogens with one attached hydrogen (secondary N) is 1. The Labute approximate surface area is 93.2 Å². The molecule has 16 heavy (non-hydrogen) atoms. The summed E-state index contributed by atoms with van der Waals surface area (Å²) >= 11 is 0. The molecule has 0 saturated carbocycles. The molecule has 0 radical (unpaired) electrons. The highest BCUT2D eigenvalue weighted by Crippen LogP contribution is 2.14. The quantitative estimate of drug-likeness (QED) is 0.326. The largest absolute Gasteiger partial charge is 0.409 e. The lowest BCUT2D eigenvalue weighted by molar-refractivity contribution is -0.123. The first-order valence-corrected chi connectivity index (χ1v) is 4.90. The Morgan fingerprint density at radius 3 is 2.62 bits per heavy atom. The molecule has 1 aromatic rings. The second kappa shape index (κ2) is 5.24. The fraction of sp³-hybridized carbons (Fsp3) is 0.556. The van der Waals surface area contributed by atoms with E-state index in [1.54, 1.807) is 0 Å². The van der Waals surface area contributed by atoms with Crippen LogP contribution in [0.25, 0.3) is 0 Å². The standard InChI is InChI=1S/C9H15N5O2/c1-6(2)7(9(15)10-3)8(13-16)14-5-11-4-12-14/h4-7,16H,1-3H3,(H,10,15). The van der Waals surface area contributed by atoms with Gasteiger partial charge in [0.15, 0.2) is 5.84 Å². The van der Waals surface area contributed by atoms with Crippen molar-refractivity contribution in [2.24, 2.45) is 17.0 Å². The minimum atomic E-state index is -0.573. The molecule has 1 aromatic heterocycles. The van der Waals surface area contributed by atoms with Crippen LogP contribution >= 0.6 is 0 Å². The Kier molecular flexibility index (Phi) is 3.98. The molecule has 1 unspecified atom stereocenters. The van der Waals surface area contributed by atoms with Crippen LogP contribution < -0.4 is 5.32 Å². The predicted molar refractivity (Wildman–Crippen MR) is 57.0 cm³/mol. The maximum Gasteiger partial charge on any atom is 0.230 e. The van der Waals surface area contributed by atoms with Crippen molar-refractivity contribution in [3.05, 3.63) is 12.7 Å². The van der Waals surface area contributed by atoms with Crippen molar-refractivity contribution in [1.82, 2.24) is 20.1 Å². The van der Waals surface area contributed by atoms with Gasteiger partial charge in [0.05, 0.1) is 0 Å². The second-order valence-electron chi connectivity index (χ2n) is 3.63. The first-order valence-electron chi connectivity index (χ1n) is 4.90. The zero-order valence-corrected chi connectivity index (χ0v) is 9.45. The maximum atomic E-state index is 11.7. The van der Waals surface area contributed by atoms with Gasteiger partial charge < -0.3 is 10.5 Å². The second-order valence-corrected chi connectivity index (χ2v) is 3.63. The third-order valence-electron chi connectivity index (χ3n) is 2.23. The van der Waals surface area contributed by atoms with Crippen LogP contribution in [0.3, 0.4) is 0 Å². The highest BCUT2D eigenvalue weighted by molar-refractivity contribution is 6.03. The van der Waals surface area contributed by atoms with Crippen LogP contribution in [0.5, 0.6) is 0 Å². The molecule has 1 atom stereocenters. The van der Waals surface area contributed by atoms with Gasteiger partial charge >= 0.3 is 0 Å². The number of carbonyl (C=O) groups excluding carboxylic acids is 1. The van der Waals surface area contributed by atoms with Gasteiger partial charge in [-0.15, -0.1) is 0 Å². The van der Waals surface area contributed by atoms with Crippen molar-refractivity contribution < 1.29 is 10.0 Å². The molecule has 0 aliphatic heterocycles. The Morgan fingerprint density at radius 1 is 1.56 bits per heavy atom. The van der Waals surface area contributed by atoms with Gasteiger partial charge in [-0.2, -0.15) is 5.10 Å². The Morgan fingerprint density at radius 2 is 2.25 bits per heavy atom. The van der Waals surface area contributed by atoms with Crippen molar-refractivity contribution in [1.29, 1.82) is 0 Å². The monoisotopic (exact) mass is 225 g/mol. The highest BCUT2D eigenvalue weighted by Gasteiger charge is 2.29. The molecular formula is C9H15N5O2. The van der Waals surface area contributed by atoms with Gasteiger partial charge in [-0.05, 0) is 5.92 Å². The molecule has 0 bridgehead atoms. The van der Waals surface area contributed by atoms with Gasteiger partial charge in [0.25, 0.3) is 0 Å². The van der Waals surface area contributed by atoms with Crippen molar-refractivity contribution in [3.63, 3.8) is 0 Å². The van der Waals surface area contributed by atoms with E-state index in [0.29, 0.717) is 0 Å². The molecule has 0 spiro atoms. The maximum absolute atomic E-state index is 11.7. The van der Waals surface area contributed by atoms with E-state index in [-0.39, 0.29) is 17.7 Å². The number of carbonyl (C=O) groups is 1. The molecule has 0 saturated heterocycles. The first-order chi connectivity index (χ1) is 7.61. The van der Waals surface area contributed by atoms with Gasteiger partial charge in [0.1, 0.15) is 18.6 Å². The van der Waals surface area contributed by atoms with E-state index >= 15 is 0 Å². The normalized spacial score (nSPS) is 13.9. The number of rotatable bonds is 3. The van der Waals surface area contributed by atoms with Gasteiger partial charge in [-0.25, -0.2) is 9.67 Å². The van der Waals surface area contributed by atoms with Crippen LogP contribution in [0.4, 0.5) is 0 Å². The van der Waals surface area contributed by atoms with Crippen LogP contribution in [0.15, 0.2) is 17.8 Å². The summed E-state index contributed by atoms with van der Waals surface area (Å²) in [4.78, 5) is 15.4.